The molecule has 1 aliphatic rings. The molecule has 2 atom stereocenters. The molecule has 0 heterocycles. The molecule has 3 heteroatoms. The van der Waals surface area contributed by atoms with Crippen LogP contribution in [0.1, 0.15) is 52.4 Å². The molecular weight excluding hydrogens is 202 g/mol. The smallest absolute Gasteiger partial charge is 0.317 e. The summed E-state index contributed by atoms with van der Waals surface area (Å²) in [6.07, 6.45) is 7.21. The molecular formula is C13H25NO2. The summed E-state index contributed by atoms with van der Waals surface area (Å²) in [5, 5.41) is 8.92. The zero-order valence-electron chi connectivity index (χ0n) is 10.6. The first kappa shape index (κ1) is 13.5. The van der Waals surface area contributed by atoms with Gasteiger partial charge in [-0.15, -0.1) is 0 Å². The number of aliphatic carboxylic acids is 1. The molecule has 0 amide bonds. The molecule has 94 valence electrons. The molecule has 0 bridgehead atoms. The van der Waals surface area contributed by atoms with Crippen molar-refractivity contribution in [3.05, 3.63) is 0 Å². The van der Waals surface area contributed by atoms with Crippen LogP contribution in [0, 0.1) is 5.92 Å². The minimum absolute atomic E-state index is 0.215. The Bertz CT molecular complexity index is 218. The van der Waals surface area contributed by atoms with Crippen molar-refractivity contribution < 1.29 is 9.90 Å². The van der Waals surface area contributed by atoms with E-state index in [9.17, 15) is 4.79 Å². The number of nitrogens with zero attached hydrogens (tertiary/aromatic N) is 1. The summed E-state index contributed by atoms with van der Waals surface area (Å²) >= 11 is 0. The Morgan fingerprint density at radius 3 is 2.69 bits per heavy atom. The maximum Gasteiger partial charge on any atom is 0.317 e. The summed E-state index contributed by atoms with van der Waals surface area (Å²) in [4.78, 5) is 13.0. The molecule has 3 nitrogen and oxygen atoms in total. The lowest BCUT2D eigenvalue weighted by atomic mass is 10.0. The summed E-state index contributed by atoms with van der Waals surface area (Å²) < 4.78 is 0. The fraction of sp³-hybridized carbons (Fsp3) is 0.923. The van der Waals surface area contributed by atoms with Crippen molar-refractivity contribution in [3.63, 3.8) is 0 Å². The average molecular weight is 227 g/mol. The largest absolute Gasteiger partial charge is 0.480 e. The molecule has 2 unspecified atom stereocenters. The molecule has 0 radical (unpaired) electrons. The van der Waals surface area contributed by atoms with Gasteiger partial charge in [0, 0.05) is 6.04 Å². The van der Waals surface area contributed by atoms with E-state index in [1.807, 2.05) is 0 Å². The third-order valence-electron chi connectivity index (χ3n) is 3.59. The van der Waals surface area contributed by atoms with Crippen molar-refractivity contribution in [2.75, 3.05) is 13.1 Å². The summed E-state index contributed by atoms with van der Waals surface area (Å²) in [5.41, 5.74) is 0. The summed E-state index contributed by atoms with van der Waals surface area (Å²) in [7, 11) is 0. The minimum Gasteiger partial charge on any atom is -0.480 e. The van der Waals surface area contributed by atoms with E-state index in [0.717, 1.165) is 18.9 Å². The predicted octanol–water partition coefficient (Wildman–Crippen LogP) is 2.75. The molecule has 1 saturated carbocycles. The first-order valence-electron chi connectivity index (χ1n) is 6.59. The molecule has 1 rings (SSSR count). The van der Waals surface area contributed by atoms with E-state index in [4.69, 9.17) is 5.11 Å². The van der Waals surface area contributed by atoms with Crippen LogP contribution in [-0.4, -0.2) is 35.1 Å². The van der Waals surface area contributed by atoms with Gasteiger partial charge in [0.1, 0.15) is 0 Å². The Balaban J connectivity index is 2.51. The number of carboxylic acids is 1. The van der Waals surface area contributed by atoms with Crippen molar-refractivity contribution in [2.24, 2.45) is 5.92 Å². The third kappa shape index (κ3) is 4.52. The highest BCUT2D eigenvalue weighted by Gasteiger charge is 2.23. The predicted molar refractivity (Wildman–Crippen MR) is 65.5 cm³/mol. The zero-order chi connectivity index (χ0) is 12.0. The van der Waals surface area contributed by atoms with E-state index >= 15 is 0 Å². The van der Waals surface area contributed by atoms with Gasteiger partial charge in [-0.3, -0.25) is 9.69 Å². The lowest BCUT2D eigenvalue weighted by molar-refractivity contribution is -0.139. The Labute approximate surface area is 98.8 Å². The van der Waals surface area contributed by atoms with Crippen LogP contribution in [0.2, 0.25) is 0 Å². The molecule has 0 aromatic carbocycles. The van der Waals surface area contributed by atoms with Crippen LogP contribution in [0.4, 0.5) is 0 Å². The number of hydrogen-bond acceptors (Lipinski definition) is 2. The highest BCUT2D eigenvalue weighted by Crippen LogP contribution is 2.25. The van der Waals surface area contributed by atoms with Gasteiger partial charge in [-0.1, -0.05) is 26.7 Å². The van der Waals surface area contributed by atoms with Crippen molar-refractivity contribution in [1.82, 2.24) is 4.90 Å². The van der Waals surface area contributed by atoms with Gasteiger partial charge < -0.3 is 5.11 Å². The molecule has 0 aromatic heterocycles. The second-order valence-corrected chi connectivity index (χ2v) is 5.13. The molecule has 0 aliphatic heterocycles. The van der Waals surface area contributed by atoms with E-state index in [-0.39, 0.29) is 6.54 Å². The highest BCUT2D eigenvalue weighted by atomic mass is 16.4. The SMILES string of the molecule is CCCN(CC(=O)O)C1CCCC(C)CC1. The van der Waals surface area contributed by atoms with Gasteiger partial charge in [0.25, 0.3) is 0 Å². The second-order valence-electron chi connectivity index (χ2n) is 5.13. The van der Waals surface area contributed by atoms with Gasteiger partial charge in [-0.2, -0.15) is 0 Å². The van der Waals surface area contributed by atoms with Crippen LogP contribution in [0.5, 0.6) is 0 Å². The van der Waals surface area contributed by atoms with Crippen molar-refractivity contribution in [1.29, 1.82) is 0 Å². The Kier molecular flexibility index (Phi) is 5.81. The topological polar surface area (TPSA) is 40.5 Å². The standard InChI is InChI=1S/C13H25NO2/c1-3-9-14(10-13(15)16)12-6-4-5-11(2)7-8-12/h11-12H,3-10H2,1-2H3,(H,15,16). The van der Waals surface area contributed by atoms with Crippen molar-refractivity contribution in [2.45, 2.75) is 58.4 Å². The zero-order valence-corrected chi connectivity index (χ0v) is 10.6. The van der Waals surface area contributed by atoms with Crippen molar-refractivity contribution in [3.8, 4) is 0 Å². The number of hydrogen-bond donors (Lipinski definition) is 1. The van der Waals surface area contributed by atoms with E-state index in [0.29, 0.717) is 6.04 Å². The van der Waals surface area contributed by atoms with E-state index in [1.54, 1.807) is 0 Å². The number of carboxylic acid groups (broad SMARTS) is 1. The van der Waals surface area contributed by atoms with Gasteiger partial charge >= 0.3 is 5.97 Å². The summed E-state index contributed by atoms with van der Waals surface area (Å²) in [6.45, 7) is 5.57. The molecule has 16 heavy (non-hydrogen) atoms. The molecule has 0 saturated heterocycles. The van der Waals surface area contributed by atoms with Crippen LogP contribution in [0.25, 0.3) is 0 Å². The van der Waals surface area contributed by atoms with E-state index in [2.05, 4.69) is 18.7 Å². The molecule has 0 aromatic rings. The fourth-order valence-electron chi connectivity index (χ4n) is 2.68. The fourth-order valence-corrected chi connectivity index (χ4v) is 2.68. The van der Waals surface area contributed by atoms with Gasteiger partial charge in [-0.25, -0.2) is 0 Å². The van der Waals surface area contributed by atoms with Gasteiger partial charge in [0.15, 0.2) is 0 Å². The number of rotatable bonds is 5. The van der Waals surface area contributed by atoms with Gasteiger partial charge in [0.05, 0.1) is 6.54 Å². The molecule has 1 fully saturated rings. The average Bonchev–Trinajstić information content (AvgIpc) is 2.42. The van der Waals surface area contributed by atoms with Crippen LogP contribution < -0.4 is 0 Å². The van der Waals surface area contributed by atoms with Crippen LogP contribution in [0.15, 0.2) is 0 Å². The normalized spacial score (nSPS) is 26.7. The van der Waals surface area contributed by atoms with E-state index in [1.165, 1.54) is 32.1 Å². The quantitative estimate of drug-likeness (QED) is 0.734. The summed E-state index contributed by atoms with van der Waals surface area (Å²) in [6, 6.07) is 0.501. The van der Waals surface area contributed by atoms with E-state index < -0.39 is 5.97 Å². The third-order valence-corrected chi connectivity index (χ3v) is 3.59. The lowest BCUT2D eigenvalue weighted by Gasteiger charge is -2.29. The lowest BCUT2D eigenvalue weighted by Crippen LogP contribution is -2.39. The Morgan fingerprint density at radius 2 is 2.06 bits per heavy atom. The van der Waals surface area contributed by atoms with Crippen molar-refractivity contribution >= 4 is 5.97 Å². The molecule has 0 spiro atoms. The maximum atomic E-state index is 10.8. The first-order chi connectivity index (χ1) is 7.63. The summed E-state index contributed by atoms with van der Waals surface area (Å²) in [5.74, 6) is 0.129. The Hall–Kier alpha value is -0.570. The number of carbonyl (C=O) groups is 1. The maximum absolute atomic E-state index is 10.8. The molecule has 1 N–H and O–H groups in total. The second kappa shape index (κ2) is 6.89. The van der Waals surface area contributed by atoms with Gasteiger partial charge in [0.2, 0.25) is 0 Å². The van der Waals surface area contributed by atoms with Gasteiger partial charge in [-0.05, 0) is 38.1 Å². The monoisotopic (exact) mass is 227 g/mol. The van der Waals surface area contributed by atoms with Crippen LogP contribution in [0.3, 0.4) is 0 Å². The van der Waals surface area contributed by atoms with Crippen LogP contribution >= 0.6 is 0 Å². The Morgan fingerprint density at radius 1 is 1.31 bits per heavy atom. The minimum atomic E-state index is -0.689. The van der Waals surface area contributed by atoms with Crippen LogP contribution in [-0.2, 0) is 4.79 Å². The first-order valence-corrected chi connectivity index (χ1v) is 6.59. The highest BCUT2D eigenvalue weighted by molar-refractivity contribution is 5.69. The molecule has 1 aliphatic carbocycles.